The van der Waals surface area contributed by atoms with Crippen molar-refractivity contribution in [2.45, 2.75) is 0 Å². The lowest BCUT2D eigenvalue weighted by atomic mass is 10.1. The summed E-state index contributed by atoms with van der Waals surface area (Å²) in [6, 6.07) is 9.69. The Kier molecular flexibility index (Phi) is 5.67. The Bertz CT molecular complexity index is 547. The largest absolute Gasteiger partial charge is 1.00 e. The number of aryl methyl sites for hydroxylation is 1. The number of nitrogens with zero attached hydrogens (tertiary/aromatic N) is 1. The molecule has 0 unspecified atom stereocenters. The number of hydrogen-bond acceptors (Lipinski definition) is 0. The molecule has 0 aliphatic heterocycles. The zero-order chi connectivity index (χ0) is 12.3. The molecule has 0 atom stereocenters. The van der Waals surface area contributed by atoms with Gasteiger partial charge in [-0.25, -0.2) is 4.57 Å². The molecule has 1 aromatic carbocycles. The number of rotatable bonds is 2. The van der Waals surface area contributed by atoms with Crippen LogP contribution in [0.4, 0.5) is 0 Å². The zero-order valence-corrected chi connectivity index (χ0v) is 12.0. The molecule has 0 amide bonds. The molecule has 0 bridgehead atoms. The van der Waals surface area contributed by atoms with Crippen LogP contribution >= 0.6 is 23.2 Å². The monoisotopic (exact) mass is 299 g/mol. The molecule has 1 nitrogen and oxygen atoms in total. The molecule has 0 saturated heterocycles. The van der Waals surface area contributed by atoms with E-state index in [4.69, 9.17) is 23.2 Å². The van der Waals surface area contributed by atoms with E-state index in [9.17, 15) is 0 Å². The molecule has 94 valence electrons. The molecule has 0 N–H and O–H groups in total. The molecule has 2 aromatic rings. The van der Waals surface area contributed by atoms with E-state index in [0.717, 1.165) is 11.1 Å². The van der Waals surface area contributed by atoms with Crippen LogP contribution in [0.25, 0.3) is 12.2 Å². The molecular formula is C14H12Cl3N. The quantitative estimate of drug-likeness (QED) is 0.729. The Balaban J connectivity index is 0.00000162. The highest BCUT2D eigenvalue weighted by Crippen LogP contribution is 2.23. The van der Waals surface area contributed by atoms with Gasteiger partial charge < -0.3 is 12.4 Å². The first-order valence-corrected chi connectivity index (χ1v) is 5.99. The van der Waals surface area contributed by atoms with Crippen LogP contribution in [-0.2, 0) is 7.05 Å². The predicted molar refractivity (Wildman–Crippen MR) is 73.0 cm³/mol. The van der Waals surface area contributed by atoms with E-state index in [1.807, 2.05) is 60.4 Å². The molecule has 2 rings (SSSR count). The van der Waals surface area contributed by atoms with Crippen LogP contribution in [0.5, 0.6) is 0 Å². The fraction of sp³-hybridized carbons (Fsp3) is 0.0714. The third-order valence-electron chi connectivity index (χ3n) is 2.42. The first kappa shape index (κ1) is 15.0. The van der Waals surface area contributed by atoms with Gasteiger partial charge in [0.25, 0.3) is 0 Å². The van der Waals surface area contributed by atoms with E-state index >= 15 is 0 Å². The van der Waals surface area contributed by atoms with Crippen molar-refractivity contribution < 1.29 is 17.0 Å². The van der Waals surface area contributed by atoms with E-state index in [2.05, 4.69) is 0 Å². The van der Waals surface area contributed by atoms with E-state index < -0.39 is 0 Å². The van der Waals surface area contributed by atoms with E-state index in [-0.39, 0.29) is 12.4 Å². The van der Waals surface area contributed by atoms with Gasteiger partial charge in [0.2, 0.25) is 0 Å². The highest BCUT2D eigenvalue weighted by Gasteiger charge is 1.97. The maximum atomic E-state index is 5.95. The Morgan fingerprint density at radius 2 is 1.50 bits per heavy atom. The van der Waals surface area contributed by atoms with Crippen molar-refractivity contribution in [3.8, 4) is 0 Å². The van der Waals surface area contributed by atoms with Crippen molar-refractivity contribution in [1.29, 1.82) is 0 Å². The normalized spacial score (nSPS) is 10.4. The second kappa shape index (κ2) is 6.79. The van der Waals surface area contributed by atoms with Gasteiger partial charge in [-0.2, -0.15) is 0 Å². The van der Waals surface area contributed by atoms with E-state index in [0.29, 0.717) is 10.0 Å². The second-order valence-corrected chi connectivity index (χ2v) is 4.62. The van der Waals surface area contributed by atoms with Crippen LogP contribution in [0, 0.1) is 0 Å². The zero-order valence-electron chi connectivity index (χ0n) is 9.78. The molecule has 0 fully saturated rings. The van der Waals surface area contributed by atoms with Crippen LogP contribution in [0.1, 0.15) is 11.1 Å². The van der Waals surface area contributed by atoms with Crippen LogP contribution in [0.2, 0.25) is 10.0 Å². The summed E-state index contributed by atoms with van der Waals surface area (Å²) in [6.07, 6.45) is 8.07. The van der Waals surface area contributed by atoms with Gasteiger partial charge >= 0.3 is 0 Å². The molecule has 0 saturated carbocycles. The summed E-state index contributed by atoms with van der Waals surface area (Å²) >= 11 is 11.8. The Hall–Kier alpha value is -1.02. The first-order chi connectivity index (χ1) is 8.15. The van der Waals surface area contributed by atoms with Gasteiger partial charge in [-0.05, 0) is 23.3 Å². The Morgan fingerprint density at radius 3 is 2.11 bits per heavy atom. The van der Waals surface area contributed by atoms with E-state index in [1.165, 1.54) is 0 Å². The Labute approximate surface area is 123 Å². The van der Waals surface area contributed by atoms with Gasteiger partial charge in [-0.1, -0.05) is 41.4 Å². The fourth-order valence-corrected chi connectivity index (χ4v) is 1.74. The minimum atomic E-state index is 0. The highest BCUT2D eigenvalue weighted by molar-refractivity contribution is 6.42. The third kappa shape index (κ3) is 4.02. The predicted octanol–water partition coefficient (Wildman–Crippen LogP) is 0.992. The van der Waals surface area contributed by atoms with Crippen molar-refractivity contribution >= 4 is 35.4 Å². The van der Waals surface area contributed by atoms with Crippen molar-refractivity contribution in [1.82, 2.24) is 0 Å². The van der Waals surface area contributed by atoms with Gasteiger partial charge in [0, 0.05) is 12.1 Å². The smallest absolute Gasteiger partial charge is 0.169 e. The molecule has 1 heterocycles. The van der Waals surface area contributed by atoms with Crippen molar-refractivity contribution in [2.75, 3.05) is 0 Å². The van der Waals surface area contributed by atoms with Gasteiger partial charge in [0.05, 0.1) is 10.0 Å². The number of benzene rings is 1. The molecule has 0 radical (unpaired) electrons. The van der Waals surface area contributed by atoms with Gasteiger partial charge in [0.15, 0.2) is 12.4 Å². The second-order valence-electron chi connectivity index (χ2n) is 3.80. The minimum absolute atomic E-state index is 0. The fourth-order valence-electron chi connectivity index (χ4n) is 1.43. The third-order valence-corrected chi connectivity index (χ3v) is 3.16. The number of pyridine rings is 1. The molecule has 1 aromatic heterocycles. The van der Waals surface area contributed by atoms with Gasteiger partial charge in [0.1, 0.15) is 7.05 Å². The summed E-state index contributed by atoms with van der Waals surface area (Å²) in [5.41, 5.74) is 2.18. The summed E-state index contributed by atoms with van der Waals surface area (Å²) in [5, 5.41) is 1.16. The van der Waals surface area contributed by atoms with Crippen LogP contribution in [0.15, 0.2) is 42.7 Å². The lowest BCUT2D eigenvalue weighted by molar-refractivity contribution is -0.671. The Morgan fingerprint density at radius 1 is 0.889 bits per heavy atom. The number of hydrogen-bond donors (Lipinski definition) is 0. The van der Waals surface area contributed by atoms with Crippen molar-refractivity contribution in [3.05, 3.63) is 63.9 Å². The summed E-state index contributed by atoms with van der Waals surface area (Å²) < 4.78 is 2.00. The summed E-state index contributed by atoms with van der Waals surface area (Å²) in [7, 11) is 1.99. The van der Waals surface area contributed by atoms with Crippen molar-refractivity contribution in [3.63, 3.8) is 0 Å². The number of aromatic nitrogens is 1. The lowest BCUT2D eigenvalue weighted by Gasteiger charge is -1.97. The maximum absolute atomic E-state index is 5.95. The lowest BCUT2D eigenvalue weighted by Crippen LogP contribution is -3.00. The summed E-state index contributed by atoms with van der Waals surface area (Å²) in [6.45, 7) is 0. The maximum Gasteiger partial charge on any atom is 0.169 e. The SMILES string of the molecule is C[n+]1ccc(C=Cc2ccc(Cl)c(Cl)c2)cc1.[Cl-]. The average molecular weight is 301 g/mol. The molecule has 0 spiro atoms. The average Bonchev–Trinajstić information content (AvgIpc) is 2.33. The number of halogens is 3. The minimum Gasteiger partial charge on any atom is -1.00 e. The molecule has 4 heteroatoms. The van der Waals surface area contributed by atoms with Crippen molar-refractivity contribution in [2.24, 2.45) is 7.05 Å². The molecule has 0 aliphatic carbocycles. The van der Waals surface area contributed by atoms with Crippen LogP contribution in [-0.4, -0.2) is 0 Å². The standard InChI is InChI=1S/C14H12Cl2N.ClH/c1-17-8-6-11(7-9-17)2-3-12-4-5-13(15)14(16)10-12;/h2-10H,1H3;1H/q+1;/p-1. The highest BCUT2D eigenvalue weighted by atomic mass is 35.5. The molecule has 0 aliphatic rings. The van der Waals surface area contributed by atoms with Crippen LogP contribution in [0.3, 0.4) is 0 Å². The summed E-state index contributed by atoms with van der Waals surface area (Å²) in [5.74, 6) is 0. The van der Waals surface area contributed by atoms with E-state index in [1.54, 1.807) is 6.07 Å². The molecular weight excluding hydrogens is 289 g/mol. The molecule has 18 heavy (non-hydrogen) atoms. The first-order valence-electron chi connectivity index (χ1n) is 5.23. The topological polar surface area (TPSA) is 3.88 Å². The summed E-state index contributed by atoms with van der Waals surface area (Å²) in [4.78, 5) is 0. The van der Waals surface area contributed by atoms with Gasteiger partial charge in [-0.15, -0.1) is 0 Å². The van der Waals surface area contributed by atoms with Gasteiger partial charge in [-0.3, -0.25) is 0 Å². The van der Waals surface area contributed by atoms with Crippen LogP contribution < -0.4 is 17.0 Å².